The predicted octanol–water partition coefficient (Wildman–Crippen LogP) is 6.85. The number of ether oxygens (including phenoxy) is 1. The number of rotatable bonds is 5. The number of carbonyl (C=O) groups excluding carboxylic acids is 1. The molecule has 2 aliphatic rings. The Kier molecular flexibility index (Phi) is 6.39. The first-order valence-electron chi connectivity index (χ1n) is 12.2. The number of hydrogen-bond donors (Lipinski definition) is 0. The van der Waals surface area contributed by atoms with Crippen molar-refractivity contribution in [1.29, 1.82) is 0 Å². The Hall–Kier alpha value is -4.07. The SMILES string of the molecule is CCOC(=O)C1=NN(c2ccccc2)[C@@]2(S1)c1ccccc1C(c1ccc(Cl)cc1)=NN2c1ccccc1. The monoisotopic (exact) mass is 538 g/mol. The number of anilines is 2. The quantitative estimate of drug-likeness (QED) is 0.260. The van der Waals surface area contributed by atoms with E-state index in [1.54, 1.807) is 6.92 Å². The number of thioether (sulfide) groups is 1. The molecule has 0 saturated carbocycles. The minimum Gasteiger partial charge on any atom is -0.461 e. The fourth-order valence-electron chi connectivity index (χ4n) is 4.67. The maximum absolute atomic E-state index is 13.1. The molecule has 0 amide bonds. The van der Waals surface area contributed by atoms with Gasteiger partial charge >= 0.3 is 5.97 Å². The third-order valence-corrected chi connectivity index (χ3v) is 7.85. The molecule has 1 atom stereocenters. The van der Waals surface area contributed by atoms with Gasteiger partial charge in [-0.25, -0.2) is 14.8 Å². The second-order valence-corrected chi connectivity index (χ2v) is 10.2. The summed E-state index contributed by atoms with van der Waals surface area (Å²) in [5, 5.41) is 14.9. The van der Waals surface area contributed by atoms with Crippen LogP contribution in [0.2, 0.25) is 5.02 Å². The van der Waals surface area contributed by atoms with Gasteiger partial charge in [0.2, 0.25) is 10.0 Å². The van der Waals surface area contributed by atoms with Crippen molar-refractivity contribution in [2.75, 3.05) is 16.6 Å². The third-order valence-electron chi connectivity index (χ3n) is 6.31. The molecule has 6 rings (SSSR count). The molecule has 1 spiro atoms. The first-order valence-corrected chi connectivity index (χ1v) is 13.4. The zero-order valence-corrected chi connectivity index (χ0v) is 22.1. The molecule has 0 N–H and O–H groups in total. The zero-order valence-electron chi connectivity index (χ0n) is 20.5. The lowest BCUT2D eigenvalue weighted by Crippen LogP contribution is -2.54. The fourth-order valence-corrected chi connectivity index (χ4v) is 6.08. The normalized spacial score (nSPS) is 18.2. The van der Waals surface area contributed by atoms with Gasteiger partial charge in [-0.05, 0) is 55.1 Å². The van der Waals surface area contributed by atoms with E-state index >= 15 is 0 Å². The molecule has 38 heavy (non-hydrogen) atoms. The minimum absolute atomic E-state index is 0.259. The van der Waals surface area contributed by atoms with Crippen LogP contribution in [0.15, 0.2) is 119 Å². The summed E-state index contributed by atoms with van der Waals surface area (Å²) in [4.78, 5) is 12.0. The van der Waals surface area contributed by atoms with Gasteiger partial charge in [0, 0.05) is 21.7 Å². The van der Waals surface area contributed by atoms with Crippen LogP contribution in [0.3, 0.4) is 0 Å². The Balaban J connectivity index is 1.64. The summed E-state index contributed by atoms with van der Waals surface area (Å²) in [6.45, 7) is 2.05. The van der Waals surface area contributed by atoms with Gasteiger partial charge in [0.15, 0.2) is 0 Å². The molecular formula is C30H23ClN4O2S. The molecule has 6 nitrogen and oxygen atoms in total. The smallest absolute Gasteiger partial charge is 0.365 e. The second kappa shape index (κ2) is 10.0. The number of carbonyl (C=O) groups is 1. The van der Waals surface area contributed by atoms with Crippen molar-refractivity contribution >= 4 is 51.5 Å². The number of hydrazone groups is 2. The van der Waals surface area contributed by atoms with E-state index in [0.717, 1.165) is 33.8 Å². The molecule has 0 aromatic heterocycles. The van der Waals surface area contributed by atoms with Crippen LogP contribution in [-0.2, 0) is 14.5 Å². The lowest BCUT2D eigenvalue weighted by molar-refractivity contribution is -0.134. The molecule has 2 heterocycles. The van der Waals surface area contributed by atoms with E-state index in [1.165, 1.54) is 11.8 Å². The standard InChI is InChI=1S/C30H23ClN4O2S/c1-2-37-29(36)28-33-35(24-13-7-4-8-14-24)30(38-28)26-16-10-9-15-25(26)27(21-17-19-22(31)20-18-21)32-34(30)23-11-5-3-6-12-23/h3-20H,2H2,1H3/t30-/m1/s1. The highest BCUT2D eigenvalue weighted by Crippen LogP contribution is 2.55. The summed E-state index contributed by atoms with van der Waals surface area (Å²) in [5.74, 6) is -0.465. The van der Waals surface area contributed by atoms with Crippen LogP contribution in [0.5, 0.6) is 0 Å². The predicted molar refractivity (Wildman–Crippen MR) is 155 cm³/mol. The van der Waals surface area contributed by atoms with Gasteiger partial charge in [0.05, 0.1) is 23.7 Å². The summed E-state index contributed by atoms with van der Waals surface area (Å²) in [6, 6.07) is 35.5. The summed E-state index contributed by atoms with van der Waals surface area (Å²) < 4.78 is 5.39. The van der Waals surface area contributed by atoms with Crippen molar-refractivity contribution in [2.45, 2.75) is 11.9 Å². The summed E-state index contributed by atoms with van der Waals surface area (Å²) in [7, 11) is 0. The van der Waals surface area contributed by atoms with Crippen LogP contribution in [0, 0.1) is 0 Å². The van der Waals surface area contributed by atoms with E-state index in [4.69, 9.17) is 26.5 Å². The van der Waals surface area contributed by atoms with Gasteiger partial charge in [-0.2, -0.15) is 10.2 Å². The number of esters is 1. The number of benzene rings is 4. The molecule has 188 valence electrons. The zero-order chi connectivity index (χ0) is 26.1. The van der Waals surface area contributed by atoms with E-state index in [1.807, 2.05) is 107 Å². The van der Waals surface area contributed by atoms with Crippen molar-refractivity contribution in [3.8, 4) is 0 Å². The van der Waals surface area contributed by atoms with E-state index in [2.05, 4.69) is 12.1 Å². The van der Waals surface area contributed by atoms with Crippen molar-refractivity contribution in [3.05, 3.63) is 131 Å². The van der Waals surface area contributed by atoms with Gasteiger partial charge < -0.3 is 4.74 Å². The lowest BCUT2D eigenvalue weighted by Gasteiger charge is -2.47. The number of nitrogens with zero attached hydrogens (tertiary/aromatic N) is 4. The third kappa shape index (κ3) is 4.04. The Morgan fingerprint density at radius 2 is 1.39 bits per heavy atom. The number of fused-ring (bicyclic) bond motifs is 2. The first-order chi connectivity index (χ1) is 18.6. The Morgan fingerprint density at radius 3 is 2.03 bits per heavy atom. The average molecular weight is 539 g/mol. The van der Waals surface area contributed by atoms with Gasteiger partial charge in [0.25, 0.3) is 0 Å². The second-order valence-electron chi connectivity index (χ2n) is 8.63. The van der Waals surface area contributed by atoms with Gasteiger partial charge in [-0.3, -0.25) is 0 Å². The largest absolute Gasteiger partial charge is 0.461 e. The topological polar surface area (TPSA) is 57.5 Å². The van der Waals surface area contributed by atoms with Crippen LogP contribution < -0.4 is 10.0 Å². The number of hydrogen-bond acceptors (Lipinski definition) is 7. The summed E-state index contributed by atoms with van der Waals surface area (Å²) in [5.41, 5.74) is 5.28. The van der Waals surface area contributed by atoms with E-state index in [9.17, 15) is 4.79 Å². The Morgan fingerprint density at radius 1 is 0.816 bits per heavy atom. The van der Waals surface area contributed by atoms with E-state index in [0.29, 0.717) is 5.02 Å². The molecule has 0 unspecified atom stereocenters. The van der Waals surface area contributed by atoms with Crippen LogP contribution in [0.25, 0.3) is 0 Å². The van der Waals surface area contributed by atoms with Crippen molar-refractivity contribution in [1.82, 2.24) is 0 Å². The van der Waals surface area contributed by atoms with E-state index < -0.39 is 11.0 Å². The molecule has 0 fully saturated rings. The maximum atomic E-state index is 13.1. The van der Waals surface area contributed by atoms with Crippen molar-refractivity contribution in [3.63, 3.8) is 0 Å². The molecule has 8 heteroatoms. The molecule has 0 bridgehead atoms. The maximum Gasteiger partial charge on any atom is 0.365 e. The van der Waals surface area contributed by atoms with Crippen LogP contribution >= 0.6 is 23.4 Å². The highest BCUT2D eigenvalue weighted by Gasteiger charge is 2.56. The molecule has 4 aromatic carbocycles. The Labute approximate surface area is 230 Å². The number of halogens is 1. The van der Waals surface area contributed by atoms with Gasteiger partial charge in [-0.15, -0.1) is 0 Å². The average Bonchev–Trinajstić information content (AvgIpc) is 3.36. The molecule has 0 aliphatic carbocycles. The van der Waals surface area contributed by atoms with Crippen LogP contribution in [-0.4, -0.2) is 23.3 Å². The minimum atomic E-state index is -1.03. The number of para-hydroxylation sites is 2. The first kappa shape index (κ1) is 24.3. The molecule has 0 saturated heterocycles. The molecule has 0 radical (unpaired) electrons. The molecule has 4 aromatic rings. The van der Waals surface area contributed by atoms with Crippen molar-refractivity contribution in [2.24, 2.45) is 10.2 Å². The van der Waals surface area contributed by atoms with Crippen molar-refractivity contribution < 1.29 is 9.53 Å². The summed E-state index contributed by atoms with van der Waals surface area (Å²) >= 11 is 7.54. The highest BCUT2D eigenvalue weighted by molar-refractivity contribution is 8.16. The highest BCUT2D eigenvalue weighted by atomic mass is 35.5. The molecular weight excluding hydrogens is 516 g/mol. The van der Waals surface area contributed by atoms with Crippen LogP contribution in [0.4, 0.5) is 11.4 Å². The van der Waals surface area contributed by atoms with Gasteiger partial charge in [-0.1, -0.05) is 84.4 Å². The summed E-state index contributed by atoms with van der Waals surface area (Å²) in [6.07, 6.45) is 0. The van der Waals surface area contributed by atoms with E-state index in [-0.39, 0.29) is 11.7 Å². The Bertz CT molecular complexity index is 1540. The fraction of sp³-hybridized carbons (Fsp3) is 0.100. The van der Waals surface area contributed by atoms with Gasteiger partial charge in [0.1, 0.15) is 0 Å². The van der Waals surface area contributed by atoms with Crippen LogP contribution in [0.1, 0.15) is 23.6 Å². The molecule has 2 aliphatic heterocycles. The lowest BCUT2D eigenvalue weighted by atomic mass is 9.93.